The number of hydrogen-bond acceptors (Lipinski definition) is 4. The predicted molar refractivity (Wildman–Crippen MR) is 66.9 cm³/mol. The molecule has 0 spiro atoms. The topological polar surface area (TPSA) is 95.0 Å². The molecule has 2 atom stereocenters. The zero-order valence-corrected chi connectivity index (χ0v) is 11.6. The highest BCUT2D eigenvalue weighted by molar-refractivity contribution is 7.88. The van der Waals surface area contributed by atoms with Crippen LogP contribution in [0.15, 0.2) is 0 Å². The molecule has 19 heavy (non-hydrogen) atoms. The number of nitrogens with zero attached hydrogens (tertiary/aromatic N) is 2. The minimum Gasteiger partial charge on any atom is -0.480 e. The van der Waals surface area contributed by atoms with Crippen molar-refractivity contribution in [3.8, 4) is 0 Å². The Kier molecular flexibility index (Phi) is 3.82. The van der Waals surface area contributed by atoms with Gasteiger partial charge in [-0.25, -0.2) is 13.2 Å². The quantitative estimate of drug-likeness (QED) is 0.755. The molecule has 2 saturated heterocycles. The Bertz CT molecular complexity index is 489. The van der Waals surface area contributed by atoms with Crippen molar-refractivity contribution in [3.63, 3.8) is 0 Å². The maximum absolute atomic E-state index is 12.4. The first kappa shape index (κ1) is 14.3. The summed E-state index contributed by atoms with van der Waals surface area (Å²) in [5.41, 5.74) is 0. The van der Waals surface area contributed by atoms with Crippen molar-refractivity contribution in [2.45, 2.75) is 37.8 Å². The molecule has 0 radical (unpaired) electrons. The first-order valence-corrected chi connectivity index (χ1v) is 8.17. The van der Waals surface area contributed by atoms with E-state index in [1.807, 2.05) is 0 Å². The molecular weight excluding hydrogens is 272 g/mol. The summed E-state index contributed by atoms with van der Waals surface area (Å²) in [5, 5.41) is 9.08. The van der Waals surface area contributed by atoms with Crippen LogP contribution in [-0.2, 0) is 19.6 Å². The van der Waals surface area contributed by atoms with E-state index in [0.717, 1.165) is 6.26 Å². The third-order valence-corrected chi connectivity index (χ3v) is 5.02. The van der Waals surface area contributed by atoms with Gasteiger partial charge >= 0.3 is 5.97 Å². The second kappa shape index (κ2) is 5.09. The maximum Gasteiger partial charge on any atom is 0.326 e. The van der Waals surface area contributed by atoms with Crippen LogP contribution in [0, 0.1) is 0 Å². The first-order valence-electron chi connectivity index (χ1n) is 6.32. The van der Waals surface area contributed by atoms with Gasteiger partial charge in [0, 0.05) is 13.1 Å². The normalized spacial score (nSPS) is 28.8. The van der Waals surface area contributed by atoms with E-state index in [2.05, 4.69) is 0 Å². The molecule has 0 aromatic rings. The van der Waals surface area contributed by atoms with Gasteiger partial charge in [0.1, 0.15) is 12.1 Å². The smallest absolute Gasteiger partial charge is 0.326 e. The zero-order valence-electron chi connectivity index (χ0n) is 10.8. The molecule has 1 amide bonds. The molecule has 8 heteroatoms. The predicted octanol–water partition coefficient (Wildman–Crippen LogP) is -0.514. The Morgan fingerprint density at radius 3 is 2.26 bits per heavy atom. The molecule has 2 fully saturated rings. The van der Waals surface area contributed by atoms with Gasteiger partial charge in [-0.2, -0.15) is 4.31 Å². The van der Waals surface area contributed by atoms with Crippen LogP contribution in [0.25, 0.3) is 0 Å². The summed E-state index contributed by atoms with van der Waals surface area (Å²) in [6.07, 6.45) is 3.27. The molecule has 1 N–H and O–H groups in total. The number of carboxylic acids is 1. The highest BCUT2D eigenvalue weighted by atomic mass is 32.2. The van der Waals surface area contributed by atoms with Gasteiger partial charge in [-0.1, -0.05) is 0 Å². The van der Waals surface area contributed by atoms with Crippen LogP contribution >= 0.6 is 0 Å². The first-order chi connectivity index (χ1) is 8.82. The fourth-order valence-corrected chi connectivity index (χ4v) is 3.98. The van der Waals surface area contributed by atoms with Crippen molar-refractivity contribution < 1.29 is 23.1 Å². The molecule has 0 bridgehead atoms. The fourth-order valence-electron chi connectivity index (χ4n) is 2.86. The highest BCUT2D eigenvalue weighted by Crippen LogP contribution is 2.26. The fraction of sp³-hybridized carbons (Fsp3) is 0.818. The Morgan fingerprint density at radius 2 is 1.68 bits per heavy atom. The maximum atomic E-state index is 12.4. The Morgan fingerprint density at radius 1 is 1.11 bits per heavy atom. The van der Waals surface area contributed by atoms with E-state index in [0.29, 0.717) is 38.8 Å². The highest BCUT2D eigenvalue weighted by Gasteiger charge is 2.43. The Hall–Kier alpha value is -1.15. The molecule has 2 heterocycles. The van der Waals surface area contributed by atoms with Crippen LogP contribution < -0.4 is 0 Å². The van der Waals surface area contributed by atoms with E-state index in [1.54, 1.807) is 0 Å². The lowest BCUT2D eigenvalue weighted by atomic mass is 10.1. The van der Waals surface area contributed by atoms with Crippen molar-refractivity contribution in [1.82, 2.24) is 9.21 Å². The number of carboxylic acid groups (broad SMARTS) is 1. The van der Waals surface area contributed by atoms with E-state index in [-0.39, 0.29) is 5.91 Å². The number of amides is 1. The molecule has 2 rings (SSSR count). The van der Waals surface area contributed by atoms with Gasteiger partial charge in [-0.3, -0.25) is 4.79 Å². The molecule has 1 unspecified atom stereocenters. The lowest BCUT2D eigenvalue weighted by Crippen LogP contribution is -2.50. The molecular formula is C11H18N2O5S. The molecule has 0 aliphatic carbocycles. The summed E-state index contributed by atoms with van der Waals surface area (Å²) in [5.74, 6) is -1.39. The van der Waals surface area contributed by atoms with Crippen molar-refractivity contribution >= 4 is 21.9 Å². The summed E-state index contributed by atoms with van der Waals surface area (Å²) >= 11 is 0. The summed E-state index contributed by atoms with van der Waals surface area (Å²) in [6, 6.07) is -1.54. The third kappa shape index (κ3) is 2.74. The van der Waals surface area contributed by atoms with Gasteiger partial charge in [-0.15, -0.1) is 0 Å². The number of carbonyl (C=O) groups excluding carboxylic acids is 1. The lowest BCUT2D eigenvalue weighted by Gasteiger charge is -2.28. The summed E-state index contributed by atoms with van der Waals surface area (Å²) < 4.78 is 24.4. The van der Waals surface area contributed by atoms with Crippen molar-refractivity contribution in [1.29, 1.82) is 0 Å². The molecule has 7 nitrogen and oxygen atoms in total. The number of aliphatic carboxylic acids is 1. The molecule has 108 valence electrons. The average molecular weight is 290 g/mol. The lowest BCUT2D eigenvalue weighted by molar-refractivity contribution is -0.149. The largest absolute Gasteiger partial charge is 0.480 e. The van der Waals surface area contributed by atoms with Gasteiger partial charge in [0.15, 0.2) is 0 Å². The molecule has 0 saturated carbocycles. The van der Waals surface area contributed by atoms with Crippen LogP contribution in [0.4, 0.5) is 0 Å². The van der Waals surface area contributed by atoms with E-state index in [1.165, 1.54) is 9.21 Å². The van der Waals surface area contributed by atoms with Gasteiger partial charge in [-0.05, 0) is 25.7 Å². The van der Waals surface area contributed by atoms with Gasteiger partial charge in [0.05, 0.1) is 6.26 Å². The Labute approximate surface area is 112 Å². The van der Waals surface area contributed by atoms with E-state index in [4.69, 9.17) is 5.11 Å². The van der Waals surface area contributed by atoms with Crippen LogP contribution in [-0.4, -0.2) is 66.0 Å². The molecule has 0 aromatic heterocycles. The second-order valence-corrected chi connectivity index (χ2v) is 6.99. The standard InChI is InChI=1S/C11H18N2O5S/c1-19(17,18)13-7-3-4-8(13)10(14)12-6-2-5-9(12)11(15)16/h8-9H,2-7H2,1H3,(H,15,16)/t8?,9-/m0/s1. The van der Waals surface area contributed by atoms with Crippen molar-refractivity contribution in [3.05, 3.63) is 0 Å². The summed E-state index contributed by atoms with van der Waals surface area (Å²) in [6.45, 7) is 0.727. The molecule has 2 aliphatic rings. The minimum atomic E-state index is -3.43. The molecule has 0 aromatic carbocycles. The van der Waals surface area contributed by atoms with Crippen LogP contribution in [0.2, 0.25) is 0 Å². The van der Waals surface area contributed by atoms with Gasteiger partial charge in [0.2, 0.25) is 15.9 Å². The number of likely N-dealkylation sites (tertiary alicyclic amines) is 1. The second-order valence-electron chi connectivity index (χ2n) is 5.06. The number of rotatable bonds is 3. The summed E-state index contributed by atoms with van der Waals surface area (Å²) in [7, 11) is -3.43. The van der Waals surface area contributed by atoms with Crippen LogP contribution in [0.3, 0.4) is 0 Å². The van der Waals surface area contributed by atoms with E-state index in [9.17, 15) is 18.0 Å². The van der Waals surface area contributed by atoms with E-state index < -0.39 is 28.1 Å². The monoisotopic (exact) mass is 290 g/mol. The van der Waals surface area contributed by atoms with Crippen LogP contribution in [0.1, 0.15) is 25.7 Å². The Balaban J connectivity index is 2.17. The van der Waals surface area contributed by atoms with Gasteiger partial charge in [0.25, 0.3) is 0 Å². The summed E-state index contributed by atoms with van der Waals surface area (Å²) in [4.78, 5) is 24.8. The SMILES string of the molecule is CS(=O)(=O)N1CCCC1C(=O)N1CCC[C@H]1C(=O)O. The van der Waals surface area contributed by atoms with Crippen molar-refractivity contribution in [2.24, 2.45) is 0 Å². The van der Waals surface area contributed by atoms with Crippen molar-refractivity contribution in [2.75, 3.05) is 19.3 Å². The minimum absolute atomic E-state index is 0.334. The number of sulfonamides is 1. The third-order valence-electron chi connectivity index (χ3n) is 3.74. The van der Waals surface area contributed by atoms with E-state index >= 15 is 0 Å². The average Bonchev–Trinajstić information content (AvgIpc) is 2.96. The number of carbonyl (C=O) groups is 2. The zero-order chi connectivity index (χ0) is 14.2. The van der Waals surface area contributed by atoms with Gasteiger partial charge < -0.3 is 10.0 Å². The van der Waals surface area contributed by atoms with Crippen LogP contribution in [0.5, 0.6) is 0 Å². The number of hydrogen-bond donors (Lipinski definition) is 1. The molecule has 2 aliphatic heterocycles.